The maximum atomic E-state index is 12.7. The van der Waals surface area contributed by atoms with Crippen molar-refractivity contribution in [1.29, 1.82) is 0 Å². The Balaban J connectivity index is 1.37. The van der Waals surface area contributed by atoms with Crippen LogP contribution < -0.4 is 20.5 Å². The Labute approximate surface area is 191 Å². The van der Waals surface area contributed by atoms with Gasteiger partial charge in [-0.2, -0.15) is 0 Å². The van der Waals surface area contributed by atoms with E-state index in [1.807, 2.05) is 0 Å². The number of hydrogen-bond donors (Lipinski definition) is 1. The summed E-state index contributed by atoms with van der Waals surface area (Å²) < 4.78 is 13.4. The minimum absolute atomic E-state index is 0.166. The molecule has 3 aromatic rings. The monoisotopic (exact) mass is 472 g/mol. The number of amides is 2. The van der Waals surface area contributed by atoms with Crippen molar-refractivity contribution in [1.82, 2.24) is 14.9 Å². The molecular weight excluding hydrogens is 456 g/mol. The summed E-state index contributed by atoms with van der Waals surface area (Å²) in [4.78, 5) is 43.2. The standard InChI is InChI=1S/C21H17ClN4O5S/c22-18-4-3-17(32-18)20(28)24-10-16-14-6-8-30-15-9-12(25-11-23-7-5-19(25)27)1-2-13(15)26(14)21(29)31-16/h1-5,7,9,11,14,16H,6,8,10H2,(H,24,28)/t14-,16-/m0/s1. The zero-order valence-electron chi connectivity index (χ0n) is 16.6. The van der Waals surface area contributed by atoms with Crippen LogP contribution in [0.25, 0.3) is 5.69 Å². The molecule has 1 fully saturated rings. The Hall–Kier alpha value is -3.37. The summed E-state index contributed by atoms with van der Waals surface area (Å²) in [5.41, 5.74) is 0.901. The van der Waals surface area contributed by atoms with Crippen molar-refractivity contribution in [2.45, 2.75) is 18.6 Å². The van der Waals surface area contributed by atoms with Crippen LogP contribution in [0.5, 0.6) is 5.75 Å². The van der Waals surface area contributed by atoms with E-state index < -0.39 is 12.2 Å². The van der Waals surface area contributed by atoms with Crippen LogP contribution in [0.4, 0.5) is 10.5 Å². The first-order chi connectivity index (χ1) is 15.5. The quantitative estimate of drug-likeness (QED) is 0.626. The molecule has 0 aliphatic carbocycles. The first kappa shape index (κ1) is 20.5. The van der Waals surface area contributed by atoms with Crippen molar-refractivity contribution in [3.8, 4) is 11.4 Å². The van der Waals surface area contributed by atoms with Crippen LogP contribution in [0.2, 0.25) is 4.34 Å². The zero-order chi connectivity index (χ0) is 22.2. The lowest BCUT2D eigenvalue weighted by atomic mass is 10.1. The van der Waals surface area contributed by atoms with Crippen molar-refractivity contribution in [2.24, 2.45) is 0 Å². The third kappa shape index (κ3) is 3.71. The van der Waals surface area contributed by atoms with E-state index in [9.17, 15) is 14.4 Å². The van der Waals surface area contributed by atoms with Crippen molar-refractivity contribution < 1.29 is 19.1 Å². The molecule has 5 rings (SSSR count). The number of halogens is 1. The van der Waals surface area contributed by atoms with Gasteiger partial charge < -0.3 is 14.8 Å². The van der Waals surface area contributed by atoms with Crippen LogP contribution in [0.15, 0.2) is 53.7 Å². The van der Waals surface area contributed by atoms with Crippen LogP contribution in [0, 0.1) is 0 Å². The van der Waals surface area contributed by atoms with E-state index in [0.29, 0.717) is 39.4 Å². The fourth-order valence-corrected chi connectivity index (χ4v) is 4.81. The molecule has 2 amide bonds. The molecule has 2 atom stereocenters. The molecule has 32 heavy (non-hydrogen) atoms. The number of nitrogens with one attached hydrogen (secondary N) is 1. The van der Waals surface area contributed by atoms with Crippen molar-refractivity contribution >= 4 is 40.6 Å². The third-order valence-corrected chi connectivity index (χ3v) is 6.58. The van der Waals surface area contributed by atoms with E-state index in [4.69, 9.17) is 21.1 Å². The van der Waals surface area contributed by atoms with Gasteiger partial charge in [0, 0.05) is 24.8 Å². The summed E-state index contributed by atoms with van der Waals surface area (Å²) in [6.07, 6.45) is 2.33. The Bertz CT molecular complexity index is 1260. The first-order valence-corrected chi connectivity index (χ1v) is 11.0. The lowest BCUT2D eigenvalue weighted by Crippen LogP contribution is -2.42. The number of ether oxygens (including phenoxy) is 2. The highest BCUT2D eigenvalue weighted by Gasteiger charge is 2.45. The Morgan fingerprint density at radius 1 is 1.25 bits per heavy atom. The molecule has 0 spiro atoms. The molecular formula is C21H17ClN4O5S. The molecule has 0 bridgehead atoms. The highest BCUT2D eigenvalue weighted by Crippen LogP contribution is 2.39. The average molecular weight is 473 g/mol. The third-order valence-electron chi connectivity index (χ3n) is 5.35. The van der Waals surface area contributed by atoms with E-state index in [1.165, 1.54) is 34.5 Å². The minimum atomic E-state index is -0.531. The van der Waals surface area contributed by atoms with Crippen molar-refractivity contribution in [3.05, 3.63) is 68.5 Å². The molecule has 4 heterocycles. The second-order valence-electron chi connectivity index (χ2n) is 7.25. The largest absolute Gasteiger partial charge is 0.491 e. The van der Waals surface area contributed by atoms with E-state index in [-0.39, 0.29) is 24.1 Å². The number of hydrogen-bond acceptors (Lipinski definition) is 7. The number of rotatable bonds is 4. The average Bonchev–Trinajstić information content (AvgIpc) is 3.29. The van der Waals surface area contributed by atoms with E-state index in [1.54, 1.807) is 35.2 Å². The van der Waals surface area contributed by atoms with Crippen molar-refractivity contribution in [3.63, 3.8) is 0 Å². The first-order valence-electron chi connectivity index (χ1n) is 9.84. The van der Waals surface area contributed by atoms with Crippen LogP contribution in [0.3, 0.4) is 0 Å². The maximum Gasteiger partial charge on any atom is 0.415 e. The molecule has 9 nitrogen and oxygen atoms in total. The summed E-state index contributed by atoms with van der Waals surface area (Å²) >= 11 is 7.08. The second-order valence-corrected chi connectivity index (χ2v) is 8.97. The predicted octanol–water partition coefficient (Wildman–Crippen LogP) is 2.85. The van der Waals surface area contributed by atoms with Crippen LogP contribution in [0.1, 0.15) is 16.1 Å². The number of benzene rings is 1. The fourth-order valence-electron chi connectivity index (χ4n) is 3.85. The van der Waals surface area contributed by atoms with Gasteiger partial charge in [0.05, 0.1) is 39.8 Å². The van der Waals surface area contributed by atoms with Gasteiger partial charge in [0.25, 0.3) is 11.5 Å². The van der Waals surface area contributed by atoms with E-state index >= 15 is 0 Å². The molecule has 0 unspecified atom stereocenters. The van der Waals surface area contributed by atoms with Crippen LogP contribution >= 0.6 is 22.9 Å². The van der Waals surface area contributed by atoms with E-state index in [0.717, 1.165) is 0 Å². The number of anilines is 1. The molecule has 1 saturated heterocycles. The molecule has 1 N–H and O–H groups in total. The highest BCUT2D eigenvalue weighted by molar-refractivity contribution is 7.18. The van der Waals surface area contributed by atoms with E-state index in [2.05, 4.69) is 10.3 Å². The van der Waals surface area contributed by atoms with Crippen molar-refractivity contribution in [2.75, 3.05) is 18.1 Å². The Morgan fingerprint density at radius 2 is 2.12 bits per heavy atom. The number of aromatic nitrogens is 2. The van der Waals surface area contributed by atoms with Gasteiger partial charge in [0.1, 0.15) is 18.2 Å². The maximum absolute atomic E-state index is 12.7. The SMILES string of the molecule is O=C(NC[C@@H]1OC(=O)N2c3ccc(-n4cnccc4=O)cc3OCC[C@@H]12)c1ccc(Cl)s1. The molecule has 2 aliphatic rings. The Kier molecular flexibility index (Phi) is 5.32. The summed E-state index contributed by atoms with van der Waals surface area (Å²) in [7, 11) is 0. The predicted molar refractivity (Wildman–Crippen MR) is 118 cm³/mol. The van der Waals surface area contributed by atoms with Gasteiger partial charge in [-0.3, -0.25) is 19.1 Å². The number of fused-ring (bicyclic) bond motifs is 3. The molecule has 2 aromatic heterocycles. The second kappa shape index (κ2) is 8.29. The lowest BCUT2D eigenvalue weighted by molar-refractivity contribution is 0.0901. The van der Waals surface area contributed by atoms with Gasteiger partial charge in [-0.1, -0.05) is 11.6 Å². The van der Waals surface area contributed by atoms with Gasteiger partial charge in [0.2, 0.25) is 0 Å². The number of cyclic esters (lactones) is 1. The zero-order valence-corrected chi connectivity index (χ0v) is 18.1. The molecule has 164 valence electrons. The van der Waals surface area contributed by atoms with Gasteiger partial charge in [-0.05, 0) is 24.3 Å². The number of carbonyl (C=O) groups excluding carboxylic acids is 2. The number of carbonyl (C=O) groups is 2. The molecule has 0 saturated carbocycles. The van der Waals surface area contributed by atoms with Gasteiger partial charge in [0.15, 0.2) is 0 Å². The molecule has 11 heteroatoms. The molecule has 1 aromatic carbocycles. The molecule has 0 radical (unpaired) electrons. The van der Waals surface area contributed by atoms with Crippen LogP contribution in [-0.2, 0) is 4.74 Å². The topological polar surface area (TPSA) is 103 Å². The van der Waals surface area contributed by atoms with Gasteiger partial charge in [-0.15, -0.1) is 11.3 Å². The lowest BCUT2D eigenvalue weighted by Gasteiger charge is -2.22. The summed E-state index contributed by atoms with van der Waals surface area (Å²) in [5, 5.41) is 2.81. The summed E-state index contributed by atoms with van der Waals surface area (Å²) in [5.74, 6) is 0.198. The normalized spacial score (nSPS) is 19.4. The Morgan fingerprint density at radius 3 is 2.91 bits per heavy atom. The smallest absolute Gasteiger partial charge is 0.415 e. The summed E-state index contributed by atoms with van der Waals surface area (Å²) in [6, 6.07) is 9.51. The number of nitrogens with zero attached hydrogens (tertiary/aromatic N) is 3. The fraction of sp³-hybridized carbons (Fsp3) is 0.238. The number of thiophene rings is 1. The van der Waals surface area contributed by atoms with Gasteiger partial charge in [-0.25, -0.2) is 9.78 Å². The highest BCUT2D eigenvalue weighted by atomic mass is 35.5. The van der Waals surface area contributed by atoms with Crippen LogP contribution in [-0.4, -0.2) is 46.8 Å². The van der Waals surface area contributed by atoms with Gasteiger partial charge >= 0.3 is 6.09 Å². The molecule has 2 aliphatic heterocycles. The summed E-state index contributed by atoms with van der Waals surface area (Å²) in [6.45, 7) is 0.515. The minimum Gasteiger partial charge on any atom is -0.491 e.